The van der Waals surface area contributed by atoms with Gasteiger partial charge < -0.3 is 16.2 Å². The largest absolute Gasteiger partial charge is 0.394 e. The van der Waals surface area contributed by atoms with Gasteiger partial charge in [-0.1, -0.05) is 25.7 Å². The predicted molar refractivity (Wildman–Crippen MR) is 68.6 cm³/mol. The normalized spacial score (nSPS) is 18.2. The molecule has 0 aromatic carbocycles. The molecule has 1 aliphatic rings. The molecule has 4 heteroatoms. The molecule has 17 heavy (non-hydrogen) atoms. The number of nitrogens with two attached hydrogens (primary N) is 1. The highest BCUT2D eigenvalue weighted by molar-refractivity contribution is 5.76. The summed E-state index contributed by atoms with van der Waals surface area (Å²) in [4.78, 5) is 11.7. The van der Waals surface area contributed by atoms with Crippen molar-refractivity contribution in [2.24, 2.45) is 5.73 Å². The molecule has 100 valence electrons. The van der Waals surface area contributed by atoms with E-state index in [1.807, 2.05) is 0 Å². The van der Waals surface area contributed by atoms with Crippen LogP contribution in [-0.2, 0) is 4.79 Å². The topological polar surface area (TPSA) is 75.4 Å². The molecule has 0 saturated heterocycles. The number of amides is 1. The Morgan fingerprint density at radius 3 is 2.41 bits per heavy atom. The molecule has 0 spiro atoms. The van der Waals surface area contributed by atoms with Gasteiger partial charge >= 0.3 is 0 Å². The minimum atomic E-state index is -0.311. The van der Waals surface area contributed by atoms with Crippen molar-refractivity contribution in [2.45, 2.75) is 63.3 Å². The van der Waals surface area contributed by atoms with Crippen molar-refractivity contribution in [3.63, 3.8) is 0 Å². The van der Waals surface area contributed by atoms with E-state index in [4.69, 9.17) is 5.73 Å². The summed E-state index contributed by atoms with van der Waals surface area (Å²) in [6, 6.07) is 0. The van der Waals surface area contributed by atoms with Gasteiger partial charge in [-0.2, -0.15) is 0 Å². The van der Waals surface area contributed by atoms with Crippen molar-refractivity contribution in [1.29, 1.82) is 0 Å². The Morgan fingerprint density at radius 2 is 1.82 bits per heavy atom. The lowest BCUT2D eigenvalue weighted by atomic mass is 9.98. The first-order chi connectivity index (χ1) is 8.22. The van der Waals surface area contributed by atoms with E-state index in [1.165, 1.54) is 0 Å². The number of aliphatic hydroxyl groups excluding tert-OH is 1. The molecule has 1 aliphatic carbocycles. The second kappa shape index (κ2) is 7.67. The third kappa shape index (κ3) is 5.04. The van der Waals surface area contributed by atoms with Gasteiger partial charge in [0.15, 0.2) is 0 Å². The Kier molecular flexibility index (Phi) is 6.52. The fourth-order valence-corrected chi connectivity index (χ4v) is 2.52. The number of carbonyl (C=O) groups is 1. The highest BCUT2D eigenvalue weighted by atomic mass is 16.3. The minimum absolute atomic E-state index is 0.0753. The van der Waals surface area contributed by atoms with E-state index in [0.717, 1.165) is 57.9 Å². The first-order valence-electron chi connectivity index (χ1n) is 6.84. The number of nitrogens with one attached hydrogen (secondary N) is 1. The molecule has 0 unspecified atom stereocenters. The molecule has 1 amide bonds. The third-order valence-corrected chi connectivity index (χ3v) is 3.63. The number of carbonyl (C=O) groups excluding carboxylic acids is 1. The standard InChI is InChI=1S/C13H26N2O2/c14-10-6-2-1-3-7-12(17)15-13(11-16)8-4-5-9-13/h16H,1-11,14H2,(H,15,17). The van der Waals surface area contributed by atoms with Crippen LogP contribution in [0.1, 0.15) is 57.8 Å². The SMILES string of the molecule is NCCCCCCC(=O)NC1(CO)CCCC1. The van der Waals surface area contributed by atoms with Gasteiger partial charge in [0.05, 0.1) is 12.1 Å². The number of unbranched alkanes of at least 4 members (excludes halogenated alkanes) is 3. The minimum Gasteiger partial charge on any atom is -0.394 e. The fourth-order valence-electron chi connectivity index (χ4n) is 2.52. The highest BCUT2D eigenvalue weighted by Gasteiger charge is 2.34. The summed E-state index contributed by atoms with van der Waals surface area (Å²) in [5.41, 5.74) is 5.10. The van der Waals surface area contributed by atoms with Crippen molar-refractivity contribution in [3.8, 4) is 0 Å². The van der Waals surface area contributed by atoms with Crippen LogP contribution in [-0.4, -0.2) is 29.7 Å². The lowest BCUT2D eigenvalue weighted by Crippen LogP contribution is -2.49. The van der Waals surface area contributed by atoms with Gasteiger partial charge in [-0.05, 0) is 32.2 Å². The molecule has 0 aromatic heterocycles. The Labute approximate surface area is 104 Å². The number of hydrogen-bond acceptors (Lipinski definition) is 3. The van der Waals surface area contributed by atoms with Gasteiger partial charge in [-0.3, -0.25) is 4.79 Å². The first-order valence-corrected chi connectivity index (χ1v) is 6.84. The van der Waals surface area contributed by atoms with Gasteiger partial charge in [-0.25, -0.2) is 0 Å². The fraction of sp³-hybridized carbons (Fsp3) is 0.923. The zero-order valence-electron chi connectivity index (χ0n) is 10.7. The lowest BCUT2D eigenvalue weighted by Gasteiger charge is -2.28. The van der Waals surface area contributed by atoms with Crippen LogP contribution in [0, 0.1) is 0 Å². The van der Waals surface area contributed by atoms with Crippen LogP contribution >= 0.6 is 0 Å². The van der Waals surface area contributed by atoms with E-state index in [0.29, 0.717) is 6.42 Å². The van der Waals surface area contributed by atoms with Crippen LogP contribution in [0.4, 0.5) is 0 Å². The lowest BCUT2D eigenvalue weighted by molar-refractivity contribution is -0.123. The van der Waals surface area contributed by atoms with Crippen LogP contribution < -0.4 is 11.1 Å². The number of hydrogen-bond donors (Lipinski definition) is 3. The van der Waals surface area contributed by atoms with E-state index in [2.05, 4.69) is 5.32 Å². The third-order valence-electron chi connectivity index (χ3n) is 3.63. The van der Waals surface area contributed by atoms with Gasteiger partial charge in [0.2, 0.25) is 5.91 Å². The van der Waals surface area contributed by atoms with Crippen LogP contribution in [0.25, 0.3) is 0 Å². The highest BCUT2D eigenvalue weighted by Crippen LogP contribution is 2.29. The Bertz CT molecular complexity index is 225. The van der Waals surface area contributed by atoms with Gasteiger partial charge in [0.1, 0.15) is 0 Å². The van der Waals surface area contributed by atoms with E-state index < -0.39 is 0 Å². The van der Waals surface area contributed by atoms with Crippen LogP contribution in [0.3, 0.4) is 0 Å². The van der Waals surface area contributed by atoms with Gasteiger partial charge in [0, 0.05) is 6.42 Å². The average Bonchev–Trinajstić information content (AvgIpc) is 2.78. The van der Waals surface area contributed by atoms with Crippen molar-refractivity contribution >= 4 is 5.91 Å². The smallest absolute Gasteiger partial charge is 0.220 e. The number of aliphatic hydroxyl groups is 1. The molecule has 0 heterocycles. The van der Waals surface area contributed by atoms with E-state index in [-0.39, 0.29) is 18.1 Å². The van der Waals surface area contributed by atoms with E-state index >= 15 is 0 Å². The molecule has 4 N–H and O–H groups in total. The van der Waals surface area contributed by atoms with E-state index in [9.17, 15) is 9.90 Å². The molecule has 4 nitrogen and oxygen atoms in total. The Morgan fingerprint density at radius 1 is 1.18 bits per heavy atom. The summed E-state index contributed by atoms with van der Waals surface area (Å²) >= 11 is 0. The van der Waals surface area contributed by atoms with Crippen molar-refractivity contribution in [2.75, 3.05) is 13.2 Å². The second-order valence-corrected chi connectivity index (χ2v) is 5.15. The summed E-state index contributed by atoms with van der Waals surface area (Å²) in [5, 5.41) is 12.4. The van der Waals surface area contributed by atoms with Gasteiger partial charge in [-0.15, -0.1) is 0 Å². The average molecular weight is 242 g/mol. The molecule has 0 bridgehead atoms. The molecule has 0 aliphatic heterocycles. The zero-order valence-corrected chi connectivity index (χ0v) is 10.7. The molecule has 1 fully saturated rings. The molecule has 1 rings (SSSR count). The van der Waals surface area contributed by atoms with Crippen molar-refractivity contribution in [1.82, 2.24) is 5.32 Å². The monoisotopic (exact) mass is 242 g/mol. The Hall–Kier alpha value is -0.610. The summed E-state index contributed by atoms with van der Waals surface area (Å²) < 4.78 is 0. The van der Waals surface area contributed by atoms with Crippen LogP contribution in [0.15, 0.2) is 0 Å². The van der Waals surface area contributed by atoms with Crippen molar-refractivity contribution in [3.05, 3.63) is 0 Å². The summed E-state index contributed by atoms with van der Waals surface area (Å²) in [7, 11) is 0. The molecular weight excluding hydrogens is 216 g/mol. The molecule has 1 saturated carbocycles. The number of rotatable bonds is 8. The molecular formula is C13H26N2O2. The Balaban J connectivity index is 2.15. The first kappa shape index (κ1) is 14.5. The van der Waals surface area contributed by atoms with Crippen molar-refractivity contribution < 1.29 is 9.90 Å². The summed E-state index contributed by atoms with van der Waals surface area (Å²) in [6.45, 7) is 0.811. The van der Waals surface area contributed by atoms with Crippen LogP contribution in [0.2, 0.25) is 0 Å². The second-order valence-electron chi connectivity index (χ2n) is 5.15. The maximum atomic E-state index is 11.7. The molecule has 0 aromatic rings. The summed E-state index contributed by atoms with van der Waals surface area (Å²) in [6.07, 6.45) is 8.77. The van der Waals surface area contributed by atoms with E-state index in [1.54, 1.807) is 0 Å². The quantitative estimate of drug-likeness (QED) is 0.562. The summed E-state index contributed by atoms with van der Waals surface area (Å²) in [5.74, 6) is 0.0914. The van der Waals surface area contributed by atoms with Crippen LogP contribution in [0.5, 0.6) is 0 Å². The molecule has 0 radical (unpaired) electrons. The molecule has 0 atom stereocenters. The van der Waals surface area contributed by atoms with Gasteiger partial charge in [0.25, 0.3) is 0 Å². The maximum absolute atomic E-state index is 11.7. The predicted octanol–water partition coefficient (Wildman–Crippen LogP) is 1.32. The maximum Gasteiger partial charge on any atom is 0.220 e. The zero-order chi connectivity index (χ0) is 12.6.